The Labute approximate surface area is 147 Å². The lowest BCUT2D eigenvalue weighted by Crippen LogP contribution is -2.50. The van der Waals surface area contributed by atoms with Crippen LogP contribution in [0.15, 0.2) is 42.6 Å². The fourth-order valence-electron chi connectivity index (χ4n) is 2.75. The molecule has 1 saturated heterocycles. The number of amides is 2. The van der Waals surface area contributed by atoms with Gasteiger partial charge in [-0.1, -0.05) is 6.07 Å². The van der Waals surface area contributed by atoms with Crippen LogP contribution in [0.1, 0.15) is 0 Å². The van der Waals surface area contributed by atoms with E-state index in [2.05, 4.69) is 21.3 Å². The van der Waals surface area contributed by atoms with Crippen LogP contribution in [0.3, 0.4) is 0 Å². The summed E-state index contributed by atoms with van der Waals surface area (Å²) < 4.78 is 10.3. The number of pyridine rings is 1. The summed E-state index contributed by atoms with van der Waals surface area (Å²) in [6, 6.07) is 11.4. The first-order chi connectivity index (χ1) is 12.2. The van der Waals surface area contributed by atoms with Crippen molar-refractivity contribution in [1.82, 2.24) is 9.88 Å². The molecule has 3 rings (SSSR count). The van der Waals surface area contributed by atoms with E-state index in [9.17, 15) is 4.79 Å². The first-order valence-electron chi connectivity index (χ1n) is 8.14. The molecule has 132 valence electrons. The smallest absolute Gasteiger partial charge is 0.322 e. The van der Waals surface area contributed by atoms with Crippen LogP contribution >= 0.6 is 0 Å². The Hall–Kier alpha value is -2.96. The zero-order valence-electron chi connectivity index (χ0n) is 14.4. The van der Waals surface area contributed by atoms with Crippen molar-refractivity contribution < 1.29 is 14.3 Å². The summed E-state index contributed by atoms with van der Waals surface area (Å²) in [5, 5.41) is 2.87. The fourth-order valence-corrected chi connectivity index (χ4v) is 2.75. The number of methoxy groups -OCH3 is 2. The van der Waals surface area contributed by atoms with Gasteiger partial charge in [-0.15, -0.1) is 0 Å². The van der Waals surface area contributed by atoms with Gasteiger partial charge in [0.05, 0.1) is 26.1 Å². The lowest BCUT2D eigenvalue weighted by Gasteiger charge is -2.36. The number of nitrogens with one attached hydrogen (secondary N) is 1. The maximum atomic E-state index is 12.4. The monoisotopic (exact) mass is 342 g/mol. The van der Waals surface area contributed by atoms with Gasteiger partial charge in [0.15, 0.2) is 0 Å². The number of piperazine rings is 1. The zero-order valence-corrected chi connectivity index (χ0v) is 14.4. The van der Waals surface area contributed by atoms with E-state index in [1.807, 2.05) is 18.2 Å². The quantitative estimate of drug-likeness (QED) is 0.924. The molecule has 1 aromatic carbocycles. The largest absolute Gasteiger partial charge is 0.497 e. The lowest BCUT2D eigenvalue weighted by atomic mass is 10.2. The average molecular weight is 342 g/mol. The van der Waals surface area contributed by atoms with Crippen LogP contribution in [0.2, 0.25) is 0 Å². The van der Waals surface area contributed by atoms with E-state index in [1.165, 1.54) is 0 Å². The maximum Gasteiger partial charge on any atom is 0.322 e. The van der Waals surface area contributed by atoms with Crippen LogP contribution < -0.4 is 19.7 Å². The summed E-state index contributed by atoms with van der Waals surface area (Å²) in [6.07, 6.45) is 1.59. The van der Waals surface area contributed by atoms with Gasteiger partial charge in [0.2, 0.25) is 5.88 Å². The first-order valence-corrected chi connectivity index (χ1v) is 8.14. The number of hydrogen-bond acceptors (Lipinski definition) is 5. The second kappa shape index (κ2) is 7.74. The average Bonchev–Trinajstić information content (AvgIpc) is 2.68. The van der Waals surface area contributed by atoms with Gasteiger partial charge in [-0.25, -0.2) is 9.78 Å². The van der Waals surface area contributed by atoms with Crippen LogP contribution in [0, 0.1) is 0 Å². The van der Waals surface area contributed by atoms with E-state index in [4.69, 9.17) is 9.47 Å². The van der Waals surface area contributed by atoms with Crippen molar-refractivity contribution in [1.29, 1.82) is 0 Å². The van der Waals surface area contributed by atoms with Gasteiger partial charge >= 0.3 is 6.03 Å². The van der Waals surface area contributed by atoms with Crippen LogP contribution in [-0.2, 0) is 0 Å². The summed E-state index contributed by atoms with van der Waals surface area (Å²) in [7, 11) is 3.22. The number of hydrogen-bond donors (Lipinski definition) is 1. The number of rotatable bonds is 4. The lowest BCUT2D eigenvalue weighted by molar-refractivity contribution is 0.208. The van der Waals surface area contributed by atoms with E-state index in [1.54, 1.807) is 37.4 Å². The maximum absolute atomic E-state index is 12.4. The number of benzene rings is 1. The number of ether oxygens (including phenoxy) is 2. The molecular weight excluding hydrogens is 320 g/mol. The highest BCUT2D eigenvalue weighted by molar-refractivity contribution is 5.89. The predicted octanol–water partition coefficient (Wildman–Crippen LogP) is 2.45. The van der Waals surface area contributed by atoms with Gasteiger partial charge in [-0.05, 0) is 18.2 Å². The summed E-state index contributed by atoms with van der Waals surface area (Å²) in [6.45, 7) is 2.88. The van der Waals surface area contributed by atoms with Gasteiger partial charge in [0, 0.05) is 44.0 Å². The van der Waals surface area contributed by atoms with Crippen LogP contribution in [0.25, 0.3) is 0 Å². The number of nitrogens with zero attached hydrogens (tertiary/aromatic N) is 3. The van der Waals surface area contributed by atoms with Gasteiger partial charge in [0.1, 0.15) is 5.75 Å². The Kier molecular flexibility index (Phi) is 5.23. The third-order valence-corrected chi connectivity index (χ3v) is 4.18. The number of anilines is 2. The molecule has 7 heteroatoms. The van der Waals surface area contributed by atoms with Crippen molar-refractivity contribution >= 4 is 17.4 Å². The van der Waals surface area contributed by atoms with Gasteiger partial charge < -0.3 is 24.6 Å². The highest BCUT2D eigenvalue weighted by Crippen LogP contribution is 2.22. The molecule has 1 aliphatic heterocycles. The summed E-state index contributed by atoms with van der Waals surface area (Å²) in [4.78, 5) is 20.5. The van der Waals surface area contributed by atoms with E-state index >= 15 is 0 Å². The van der Waals surface area contributed by atoms with Crippen LogP contribution in [-0.4, -0.2) is 56.3 Å². The van der Waals surface area contributed by atoms with Crippen LogP contribution in [0.5, 0.6) is 11.6 Å². The zero-order chi connectivity index (χ0) is 17.6. The van der Waals surface area contributed by atoms with Gasteiger partial charge in [0.25, 0.3) is 0 Å². The summed E-state index contributed by atoms with van der Waals surface area (Å²) in [5.41, 5.74) is 1.76. The Morgan fingerprint density at radius 1 is 1.08 bits per heavy atom. The molecular formula is C18H22N4O3. The molecule has 25 heavy (non-hydrogen) atoms. The number of urea groups is 1. The van der Waals surface area contributed by atoms with Crippen molar-refractivity contribution in [2.24, 2.45) is 0 Å². The molecule has 0 radical (unpaired) electrons. The molecule has 0 spiro atoms. The Bertz CT molecular complexity index is 713. The van der Waals surface area contributed by atoms with Crippen molar-refractivity contribution in [3.05, 3.63) is 42.6 Å². The molecule has 1 N–H and O–H groups in total. The predicted molar refractivity (Wildman–Crippen MR) is 96.6 cm³/mol. The third-order valence-electron chi connectivity index (χ3n) is 4.18. The molecule has 2 amide bonds. The van der Waals surface area contributed by atoms with E-state index in [0.29, 0.717) is 24.7 Å². The van der Waals surface area contributed by atoms with Crippen molar-refractivity contribution in [3.63, 3.8) is 0 Å². The van der Waals surface area contributed by atoms with Crippen molar-refractivity contribution in [3.8, 4) is 11.6 Å². The van der Waals surface area contributed by atoms with E-state index in [0.717, 1.165) is 24.5 Å². The Morgan fingerprint density at radius 2 is 1.88 bits per heavy atom. The molecule has 1 aromatic heterocycles. The fraction of sp³-hybridized carbons (Fsp3) is 0.333. The topological polar surface area (TPSA) is 66.9 Å². The molecule has 2 aromatic rings. The second-order valence-electron chi connectivity index (χ2n) is 5.69. The normalized spacial score (nSPS) is 14.2. The highest BCUT2D eigenvalue weighted by atomic mass is 16.5. The van der Waals surface area contributed by atoms with Gasteiger partial charge in [-0.3, -0.25) is 0 Å². The first kappa shape index (κ1) is 16.9. The molecule has 2 heterocycles. The second-order valence-corrected chi connectivity index (χ2v) is 5.69. The molecule has 0 unspecified atom stereocenters. The minimum atomic E-state index is -0.114. The molecule has 1 fully saturated rings. The standard InChI is InChI=1S/C18H22N4O3/c1-24-16-5-3-4-15(12-16)21-8-10-22(11-9-21)18(23)20-14-6-7-17(25-2)19-13-14/h3-7,12-13H,8-11H2,1-2H3,(H,20,23). The van der Waals surface area contributed by atoms with E-state index < -0.39 is 0 Å². The Balaban J connectivity index is 1.54. The molecule has 0 aliphatic carbocycles. The number of carbonyl (C=O) groups is 1. The SMILES string of the molecule is COc1cccc(N2CCN(C(=O)Nc3ccc(OC)nc3)CC2)c1. The molecule has 0 bridgehead atoms. The van der Waals surface area contributed by atoms with Crippen molar-refractivity contribution in [2.75, 3.05) is 50.6 Å². The number of carbonyl (C=O) groups excluding carboxylic acids is 1. The molecule has 0 saturated carbocycles. The molecule has 0 atom stereocenters. The van der Waals surface area contributed by atoms with Crippen molar-refractivity contribution in [2.45, 2.75) is 0 Å². The minimum Gasteiger partial charge on any atom is -0.497 e. The number of aromatic nitrogens is 1. The summed E-state index contributed by atoms with van der Waals surface area (Å²) in [5.74, 6) is 1.36. The highest BCUT2D eigenvalue weighted by Gasteiger charge is 2.21. The Morgan fingerprint density at radius 3 is 2.52 bits per heavy atom. The summed E-state index contributed by atoms with van der Waals surface area (Å²) >= 11 is 0. The van der Waals surface area contributed by atoms with Gasteiger partial charge in [-0.2, -0.15) is 0 Å². The third kappa shape index (κ3) is 4.12. The van der Waals surface area contributed by atoms with Crippen LogP contribution in [0.4, 0.5) is 16.2 Å². The van der Waals surface area contributed by atoms with E-state index in [-0.39, 0.29) is 6.03 Å². The minimum absolute atomic E-state index is 0.114. The molecule has 1 aliphatic rings. The molecule has 7 nitrogen and oxygen atoms in total.